The summed E-state index contributed by atoms with van der Waals surface area (Å²) in [6, 6.07) is 7.37. The summed E-state index contributed by atoms with van der Waals surface area (Å²) in [5.41, 5.74) is -0.612. The first-order chi connectivity index (χ1) is 13.1. The van der Waals surface area contributed by atoms with Gasteiger partial charge < -0.3 is 9.30 Å². The van der Waals surface area contributed by atoms with Crippen molar-refractivity contribution in [2.45, 2.75) is 4.90 Å². The van der Waals surface area contributed by atoms with Crippen LogP contribution in [0.3, 0.4) is 0 Å². The lowest BCUT2D eigenvalue weighted by atomic mass is 10.1. The minimum absolute atomic E-state index is 0.00374. The molecule has 9 heteroatoms. The van der Waals surface area contributed by atoms with Crippen LogP contribution in [0.1, 0.15) is 0 Å². The van der Waals surface area contributed by atoms with Gasteiger partial charge >= 0.3 is 0 Å². The first-order valence-corrected chi connectivity index (χ1v) is 9.79. The molecule has 1 heterocycles. The predicted molar refractivity (Wildman–Crippen MR) is 96.6 cm³/mol. The van der Waals surface area contributed by atoms with Gasteiger partial charge in [-0.1, -0.05) is 0 Å². The molecule has 0 atom stereocenters. The molecular weight excluding hydrogens is 395 g/mol. The number of pyridine rings is 1. The standard InChI is InChI=1S/C19H14F3NO4S/c1-23-10-11(7-16(22)19(23)24)14-9-13(28(2,25)26)4-6-17(14)27-18-5-3-12(20)8-15(18)21/h3-10H,1-2H3. The first kappa shape index (κ1) is 19.7. The molecule has 5 nitrogen and oxygen atoms in total. The highest BCUT2D eigenvalue weighted by atomic mass is 32.2. The van der Waals surface area contributed by atoms with E-state index in [4.69, 9.17) is 4.74 Å². The van der Waals surface area contributed by atoms with E-state index in [2.05, 4.69) is 0 Å². The van der Waals surface area contributed by atoms with E-state index in [1.54, 1.807) is 0 Å². The monoisotopic (exact) mass is 409 g/mol. The fraction of sp³-hybridized carbons (Fsp3) is 0.105. The quantitative estimate of drug-likeness (QED) is 0.660. The number of sulfone groups is 1. The van der Waals surface area contributed by atoms with Gasteiger partial charge in [0.05, 0.1) is 4.90 Å². The molecule has 0 saturated carbocycles. The summed E-state index contributed by atoms with van der Waals surface area (Å²) in [6.45, 7) is 0. The summed E-state index contributed by atoms with van der Waals surface area (Å²) in [6.07, 6.45) is 2.29. The summed E-state index contributed by atoms with van der Waals surface area (Å²) in [5.74, 6) is -3.12. The highest BCUT2D eigenvalue weighted by Crippen LogP contribution is 2.36. The van der Waals surface area contributed by atoms with Gasteiger partial charge in [-0.2, -0.15) is 0 Å². The second kappa shape index (κ2) is 7.16. The number of hydrogen-bond acceptors (Lipinski definition) is 4. The summed E-state index contributed by atoms with van der Waals surface area (Å²) in [4.78, 5) is 11.5. The molecule has 3 rings (SSSR count). The van der Waals surface area contributed by atoms with E-state index in [0.29, 0.717) is 6.07 Å². The molecule has 0 N–H and O–H groups in total. The summed E-state index contributed by atoms with van der Waals surface area (Å²) in [7, 11) is -2.28. The first-order valence-electron chi connectivity index (χ1n) is 7.90. The summed E-state index contributed by atoms with van der Waals surface area (Å²) < 4.78 is 71.2. The third kappa shape index (κ3) is 3.94. The van der Waals surface area contributed by atoms with Crippen molar-refractivity contribution in [3.8, 4) is 22.6 Å². The fourth-order valence-electron chi connectivity index (χ4n) is 2.55. The van der Waals surface area contributed by atoms with Crippen LogP contribution in [-0.2, 0) is 16.9 Å². The van der Waals surface area contributed by atoms with Gasteiger partial charge in [0.25, 0.3) is 5.56 Å². The topological polar surface area (TPSA) is 65.4 Å². The number of ether oxygens (including phenoxy) is 1. The number of halogens is 3. The summed E-state index contributed by atoms with van der Waals surface area (Å²) >= 11 is 0. The predicted octanol–water partition coefficient (Wildman–Crippen LogP) is 3.67. The summed E-state index contributed by atoms with van der Waals surface area (Å²) in [5, 5.41) is 0. The van der Waals surface area contributed by atoms with Gasteiger partial charge in [-0.15, -0.1) is 0 Å². The molecule has 3 aromatic rings. The average Bonchev–Trinajstić information content (AvgIpc) is 2.61. The minimum atomic E-state index is -3.61. The number of hydrogen-bond donors (Lipinski definition) is 0. The van der Waals surface area contributed by atoms with E-state index in [0.717, 1.165) is 29.0 Å². The Morgan fingerprint density at radius 2 is 1.61 bits per heavy atom. The average molecular weight is 409 g/mol. The molecule has 146 valence electrons. The Morgan fingerprint density at radius 3 is 2.21 bits per heavy atom. The van der Waals surface area contributed by atoms with Gasteiger partial charge in [0.15, 0.2) is 27.2 Å². The van der Waals surface area contributed by atoms with Crippen LogP contribution in [0.25, 0.3) is 11.1 Å². The van der Waals surface area contributed by atoms with Crippen LogP contribution in [0.5, 0.6) is 11.5 Å². The number of rotatable bonds is 4. The van der Waals surface area contributed by atoms with Crippen molar-refractivity contribution in [1.82, 2.24) is 4.57 Å². The van der Waals surface area contributed by atoms with Crippen LogP contribution in [0, 0.1) is 17.5 Å². The number of aryl methyl sites for hydroxylation is 1. The molecule has 0 aliphatic rings. The maximum atomic E-state index is 14.0. The van der Waals surface area contributed by atoms with Gasteiger partial charge in [0.1, 0.15) is 11.6 Å². The van der Waals surface area contributed by atoms with E-state index < -0.39 is 32.8 Å². The largest absolute Gasteiger partial charge is 0.454 e. The Kier molecular flexibility index (Phi) is 5.03. The lowest BCUT2D eigenvalue weighted by Gasteiger charge is -2.14. The second-order valence-corrected chi connectivity index (χ2v) is 8.12. The van der Waals surface area contributed by atoms with Crippen LogP contribution < -0.4 is 10.3 Å². The van der Waals surface area contributed by atoms with E-state index in [-0.39, 0.29) is 27.5 Å². The molecule has 1 aromatic heterocycles. The Labute approximate surface area is 158 Å². The molecule has 0 aliphatic carbocycles. The van der Waals surface area contributed by atoms with Crippen LogP contribution in [0.15, 0.2) is 58.4 Å². The number of benzene rings is 2. The van der Waals surface area contributed by atoms with Gasteiger partial charge in [0, 0.05) is 36.7 Å². The van der Waals surface area contributed by atoms with Crippen molar-refractivity contribution in [1.29, 1.82) is 0 Å². The van der Waals surface area contributed by atoms with E-state index in [1.165, 1.54) is 31.4 Å². The minimum Gasteiger partial charge on any atom is -0.454 e. The Morgan fingerprint density at radius 1 is 0.929 bits per heavy atom. The Hall–Kier alpha value is -3.07. The van der Waals surface area contributed by atoms with Gasteiger partial charge in [-0.05, 0) is 36.4 Å². The molecule has 28 heavy (non-hydrogen) atoms. The zero-order chi connectivity index (χ0) is 20.6. The molecule has 0 radical (unpaired) electrons. The van der Waals surface area contributed by atoms with Crippen LogP contribution in [0.4, 0.5) is 13.2 Å². The molecule has 0 saturated heterocycles. The maximum Gasteiger partial charge on any atom is 0.286 e. The SMILES string of the molecule is Cn1cc(-c2cc(S(C)(=O)=O)ccc2Oc2ccc(F)cc2F)cc(F)c1=O. The smallest absolute Gasteiger partial charge is 0.286 e. The second-order valence-electron chi connectivity index (χ2n) is 6.10. The molecular formula is C19H14F3NO4S. The third-order valence-electron chi connectivity index (χ3n) is 3.94. The normalized spacial score (nSPS) is 11.5. The number of nitrogens with zero attached hydrogens (tertiary/aromatic N) is 1. The molecule has 0 bridgehead atoms. The molecule has 0 amide bonds. The van der Waals surface area contributed by atoms with Gasteiger partial charge in [-0.3, -0.25) is 4.79 Å². The van der Waals surface area contributed by atoms with Crippen LogP contribution in [0.2, 0.25) is 0 Å². The van der Waals surface area contributed by atoms with Crippen molar-refractivity contribution in [3.63, 3.8) is 0 Å². The van der Waals surface area contributed by atoms with Crippen LogP contribution >= 0.6 is 0 Å². The van der Waals surface area contributed by atoms with Crippen molar-refractivity contribution in [3.05, 3.63) is 76.5 Å². The van der Waals surface area contributed by atoms with E-state index >= 15 is 0 Å². The molecule has 0 spiro atoms. The van der Waals surface area contributed by atoms with E-state index in [9.17, 15) is 26.4 Å². The van der Waals surface area contributed by atoms with Crippen molar-refractivity contribution >= 4 is 9.84 Å². The zero-order valence-electron chi connectivity index (χ0n) is 14.7. The maximum absolute atomic E-state index is 14.0. The van der Waals surface area contributed by atoms with E-state index in [1.807, 2.05) is 0 Å². The molecule has 0 unspecified atom stereocenters. The van der Waals surface area contributed by atoms with Crippen molar-refractivity contribution in [2.24, 2.45) is 7.05 Å². The number of aromatic nitrogens is 1. The molecule has 0 fully saturated rings. The Balaban J connectivity index is 2.21. The van der Waals surface area contributed by atoms with Gasteiger partial charge in [0.2, 0.25) is 0 Å². The van der Waals surface area contributed by atoms with Gasteiger partial charge in [-0.25, -0.2) is 21.6 Å². The molecule has 2 aromatic carbocycles. The highest BCUT2D eigenvalue weighted by molar-refractivity contribution is 7.90. The fourth-order valence-corrected chi connectivity index (χ4v) is 3.20. The van der Waals surface area contributed by atoms with Crippen molar-refractivity contribution in [2.75, 3.05) is 6.26 Å². The van der Waals surface area contributed by atoms with Crippen LogP contribution in [-0.4, -0.2) is 19.2 Å². The zero-order valence-corrected chi connectivity index (χ0v) is 15.6. The highest BCUT2D eigenvalue weighted by Gasteiger charge is 2.17. The third-order valence-corrected chi connectivity index (χ3v) is 5.05. The van der Waals surface area contributed by atoms with Crippen molar-refractivity contribution < 1.29 is 26.3 Å². The lowest BCUT2D eigenvalue weighted by Crippen LogP contribution is -2.19. The Bertz CT molecular complexity index is 1210. The lowest BCUT2D eigenvalue weighted by molar-refractivity contribution is 0.438. The molecule has 0 aliphatic heterocycles.